The number of rotatable bonds is 5. The topological polar surface area (TPSA) is 62.5 Å². The van der Waals surface area contributed by atoms with E-state index in [1.165, 1.54) is 11.1 Å². The maximum atomic E-state index is 9.40. The molecule has 1 aliphatic carbocycles. The van der Waals surface area contributed by atoms with E-state index in [1.54, 1.807) is 0 Å². The van der Waals surface area contributed by atoms with E-state index in [1.807, 2.05) is 54.6 Å². The number of nitrogens with zero attached hydrogens (tertiary/aromatic N) is 4. The van der Waals surface area contributed by atoms with Crippen molar-refractivity contribution in [3.8, 4) is 51.1 Å². The molecular weight excluding hydrogens is 560 g/mol. The van der Waals surface area contributed by atoms with Gasteiger partial charge in [0.25, 0.3) is 0 Å². The van der Waals surface area contributed by atoms with Gasteiger partial charge < -0.3 is 0 Å². The molecule has 46 heavy (non-hydrogen) atoms. The van der Waals surface area contributed by atoms with Gasteiger partial charge in [-0.05, 0) is 74.8 Å². The first-order valence-electron chi connectivity index (χ1n) is 15.5. The second kappa shape index (κ2) is 11.7. The minimum atomic E-state index is 0.647. The molecule has 8 rings (SSSR count). The number of hydrogen-bond acceptors (Lipinski definition) is 4. The minimum Gasteiger partial charge on any atom is -0.208 e. The van der Waals surface area contributed by atoms with Crippen LogP contribution in [0.1, 0.15) is 24.2 Å². The zero-order valence-corrected chi connectivity index (χ0v) is 25.1. The van der Waals surface area contributed by atoms with E-state index >= 15 is 0 Å². The molecule has 4 heteroatoms. The summed E-state index contributed by atoms with van der Waals surface area (Å²) in [5.41, 5.74) is 8.08. The third-order valence-electron chi connectivity index (χ3n) is 8.56. The quantitative estimate of drug-likeness (QED) is 0.188. The van der Waals surface area contributed by atoms with Crippen LogP contribution in [0, 0.1) is 11.3 Å². The van der Waals surface area contributed by atoms with Crippen LogP contribution in [0.15, 0.2) is 146 Å². The van der Waals surface area contributed by atoms with Crippen molar-refractivity contribution in [3.63, 3.8) is 0 Å². The molecular formula is C42H28N4. The van der Waals surface area contributed by atoms with Crippen molar-refractivity contribution in [2.24, 2.45) is 0 Å². The van der Waals surface area contributed by atoms with Crippen LogP contribution < -0.4 is 0 Å². The summed E-state index contributed by atoms with van der Waals surface area (Å²) >= 11 is 0. The highest BCUT2D eigenvalue weighted by atomic mass is 15.0. The van der Waals surface area contributed by atoms with Crippen LogP contribution in [-0.4, -0.2) is 15.0 Å². The molecule has 4 nitrogen and oxygen atoms in total. The smallest absolute Gasteiger partial charge is 0.164 e. The SMILES string of the molecule is N#Cc1ccc(-c2c3ccccc3c(-c3cccc(-c4nc(C5=CCCC=C5)nc(-c5ccccc5)n4)c3)c3ccccc23)cc1. The Labute approximate surface area is 267 Å². The monoisotopic (exact) mass is 588 g/mol. The molecule has 0 unspecified atom stereocenters. The Hall–Kier alpha value is -6.18. The van der Waals surface area contributed by atoms with E-state index in [-0.39, 0.29) is 0 Å². The van der Waals surface area contributed by atoms with E-state index in [4.69, 9.17) is 15.0 Å². The zero-order valence-electron chi connectivity index (χ0n) is 25.1. The van der Waals surface area contributed by atoms with Gasteiger partial charge in [0.1, 0.15) is 0 Å². The van der Waals surface area contributed by atoms with Gasteiger partial charge in [-0.25, -0.2) is 15.0 Å². The Morgan fingerprint density at radius 2 is 1.02 bits per heavy atom. The van der Waals surface area contributed by atoms with Gasteiger partial charge in [0.05, 0.1) is 11.6 Å². The molecule has 1 aromatic heterocycles. The summed E-state index contributed by atoms with van der Waals surface area (Å²) < 4.78 is 0. The largest absolute Gasteiger partial charge is 0.208 e. The lowest BCUT2D eigenvalue weighted by atomic mass is 9.85. The molecule has 0 atom stereocenters. The molecule has 1 aliphatic rings. The molecule has 6 aromatic carbocycles. The summed E-state index contributed by atoms with van der Waals surface area (Å²) in [6.45, 7) is 0. The predicted octanol–water partition coefficient (Wildman–Crippen LogP) is 10.5. The van der Waals surface area contributed by atoms with Crippen molar-refractivity contribution in [1.82, 2.24) is 15.0 Å². The van der Waals surface area contributed by atoms with Crippen LogP contribution in [0.2, 0.25) is 0 Å². The fraction of sp³-hybridized carbons (Fsp3) is 0.0476. The van der Waals surface area contributed by atoms with E-state index in [0.717, 1.165) is 62.2 Å². The van der Waals surface area contributed by atoms with Gasteiger partial charge in [-0.3, -0.25) is 0 Å². The third-order valence-corrected chi connectivity index (χ3v) is 8.56. The van der Waals surface area contributed by atoms with Crippen molar-refractivity contribution in [2.75, 3.05) is 0 Å². The van der Waals surface area contributed by atoms with E-state index < -0.39 is 0 Å². The lowest BCUT2D eigenvalue weighted by Crippen LogP contribution is -2.03. The lowest BCUT2D eigenvalue weighted by Gasteiger charge is -2.18. The van der Waals surface area contributed by atoms with Crippen LogP contribution in [0.25, 0.3) is 72.1 Å². The Bertz CT molecular complexity index is 2300. The highest BCUT2D eigenvalue weighted by Gasteiger charge is 2.18. The molecule has 0 amide bonds. The van der Waals surface area contributed by atoms with Crippen LogP contribution in [0.4, 0.5) is 0 Å². The highest BCUT2D eigenvalue weighted by Crippen LogP contribution is 2.44. The van der Waals surface area contributed by atoms with Gasteiger partial charge >= 0.3 is 0 Å². The summed E-state index contributed by atoms with van der Waals surface area (Å²) in [4.78, 5) is 14.9. The van der Waals surface area contributed by atoms with Crippen LogP contribution in [0.3, 0.4) is 0 Å². The molecule has 7 aromatic rings. The van der Waals surface area contributed by atoms with Crippen molar-refractivity contribution in [2.45, 2.75) is 12.8 Å². The summed E-state index contributed by atoms with van der Waals surface area (Å²) in [7, 11) is 0. The van der Waals surface area contributed by atoms with Gasteiger partial charge in [-0.15, -0.1) is 0 Å². The standard InChI is InChI=1S/C42H28N4/c43-27-28-22-24-29(25-23-28)38-34-18-7-9-20-36(34)39(37-21-10-8-19-35(37)38)32-16-11-17-33(26-32)42-45-40(30-12-3-1-4-13-30)44-41(46-42)31-14-5-2-6-15-31/h1,3-5,7-26H,2,6H2. The Balaban J connectivity index is 1.34. The number of allylic oxidation sites excluding steroid dienone is 4. The molecule has 216 valence electrons. The van der Waals surface area contributed by atoms with Gasteiger partial charge in [-0.2, -0.15) is 5.26 Å². The van der Waals surface area contributed by atoms with Crippen LogP contribution >= 0.6 is 0 Å². The Morgan fingerprint density at radius 3 is 1.63 bits per heavy atom. The molecule has 0 bridgehead atoms. The average molecular weight is 589 g/mol. The third kappa shape index (κ3) is 4.95. The number of fused-ring (bicyclic) bond motifs is 2. The summed E-state index contributed by atoms with van der Waals surface area (Å²) in [6, 6.07) is 46.0. The maximum Gasteiger partial charge on any atom is 0.164 e. The van der Waals surface area contributed by atoms with Crippen molar-refractivity contribution < 1.29 is 0 Å². The fourth-order valence-corrected chi connectivity index (χ4v) is 6.41. The molecule has 0 N–H and O–H groups in total. The molecule has 0 saturated heterocycles. The summed E-state index contributed by atoms with van der Waals surface area (Å²) in [5, 5.41) is 14.0. The molecule has 0 saturated carbocycles. The first-order valence-corrected chi connectivity index (χ1v) is 15.5. The highest BCUT2D eigenvalue weighted by molar-refractivity contribution is 6.21. The van der Waals surface area contributed by atoms with Crippen molar-refractivity contribution >= 4 is 27.1 Å². The number of hydrogen-bond donors (Lipinski definition) is 0. The summed E-state index contributed by atoms with van der Waals surface area (Å²) in [5.74, 6) is 2.00. The maximum absolute atomic E-state index is 9.40. The van der Waals surface area contributed by atoms with Crippen molar-refractivity contribution in [3.05, 3.63) is 157 Å². The van der Waals surface area contributed by atoms with Gasteiger partial charge in [0, 0.05) is 16.7 Å². The van der Waals surface area contributed by atoms with Crippen LogP contribution in [-0.2, 0) is 0 Å². The van der Waals surface area contributed by atoms with Crippen LogP contribution in [0.5, 0.6) is 0 Å². The molecule has 0 fully saturated rings. The minimum absolute atomic E-state index is 0.647. The molecule has 0 spiro atoms. The van der Waals surface area contributed by atoms with Gasteiger partial charge in [-0.1, -0.05) is 127 Å². The number of nitriles is 1. The van der Waals surface area contributed by atoms with E-state index in [0.29, 0.717) is 23.0 Å². The average Bonchev–Trinajstić information content (AvgIpc) is 3.14. The number of benzene rings is 6. The first kappa shape index (κ1) is 27.4. The number of aromatic nitrogens is 3. The van der Waals surface area contributed by atoms with E-state index in [9.17, 15) is 5.26 Å². The normalized spacial score (nSPS) is 12.6. The van der Waals surface area contributed by atoms with Gasteiger partial charge in [0.15, 0.2) is 17.5 Å². The van der Waals surface area contributed by atoms with Gasteiger partial charge in [0.2, 0.25) is 0 Å². The first-order chi connectivity index (χ1) is 22.8. The second-order valence-corrected chi connectivity index (χ2v) is 11.4. The molecule has 0 aliphatic heterocycles. The zero-order chi connectivity index (χ0) is 30.9. The van der Waals surface area contributed by atoms with Crippen molar-refractivity contribution in [1.29, 1.82) is 5.26 Å². The fourth-order valence-electron chi connectivity index (χ4n) is 6.41. The van der Waals surface area contributed by atoms with E-state index in [2.05, 4.69) is 97.1 Å². The Morgan fingerprint density at radius 1 is 0.478 bits per heavy atom. The Kier molecular flexibility index (Phi) is 6.98. The molecule has 0 radical (unpaired) electrons. The molecule has 1 heterocycles. The summed E-state index contributed by atoms with van der Waals surface area (Å²) in [6.07, 6.45) is 8.50. The second-order valence-electron chi connectivity index (χ2n) is 11.4. The predicted molar refractivity (Wildman–Crippen MR) is 188 cm³/mol. The lowest BCUT2D eigenvalue weighted by molar-refractivity contribution is 1.01.